The lowest BCUT2D eigenvalue weighted by atomic mass is 9.95. The van der Waals surface area contributed by atoms with E-state index in [1.807, 2.05) is 0 Å². The quantitative estimate of drug-likeness (QED) is 0.362. The molecule has 1 N–H and O–H groups in total. The molecule has 2 aliphatic rings. The summed E-state index contributed by atoms with van der Waals surface area (Å²) in [6, 6.07) is 13.5. The van der Waals surface area contributed by atoms with E-state index in [1.165, 1.54) is 80.3 Å². The molecule has 1 saturated carbocycles. The minimum atomic E-state index is 0.719. The lowest BCUT2D eigenvalue weighted by Gasteiger charge is -2.22. The number of nitrogens with one attached hydrogen (secondary N) is 1. The molecule has 186 valence electrons. The molecule has 0 bridgehead atoms. The van der Waals surface area contributed by atoms with E-state index in [4.69, 9.17) is 9.47 Å². The number of benzene rings is 2. The first-order valence-corrected chi connectivity index (χ1v) is 13.6. The van der Waals surface area contributed by atoms with Gasteiger partial charge >= 0.3 is 0 Å². The van der Waals surface area contributed by atoms with Gasteiger partial charge in [-0.3, -0.25) is 0 Å². The van der Waals surface area contributed by atoms with Gasteiger partial charge in [0, 0.05) is 12.6 Å². The van der Waals surface area contributed by atoms with Crippen molar-refractivity contribution in [3.05, 3.63) is 47.5 Å². The van der Waals surface area contributed by atoms with Crippen molar-refractivity contribution in [2.24, 2.45) is 0 Å². The van der Waals surface area contributed by atoms with Crippen molar-refractivity contribution in [3.8, 4) is 22.6 Å². The topological polar surface area (TPSA) is 33.7 Å². The summed E-state index contributed by atoms with van der Waals surface area (Å²) in [6.45, 7) is 10.6. The number of hydrogen-bond donors (Lipinski definition) is 1. The Labute approximate surface area is 207 Å². The molecule has 34 heavy (non-hydrogen) atoms. The van der Waals surface area contributed by atoms with Gasteiger partial charge in [0.15, 0.2) is 0 Å². The van der Waals surface area contributed by atoms with Crippen LogP contribution >= 0.6 is 0 Å². The first-order valence-electron chi connectivity index (χ1n) is 13.6. The maximum Gasteiger partial charge on any atom is 0.122 e. The Morgan fingerprint density at radius 1 is 0.765 bits per heavy atom. The molecule has 4 heteroatoms. The van der Waals surface area contributed by atoms with Gasteiger partial charge in [0.1, 0.15) is 11.5 Å². The van der Waals surface area contributed by atoms with Crippen LogP contribution in [0.1, 0.15) is 68.9 Å². The van der Waals surface area contributed by atoms with E-state index in [2.05, 4.69) is 60.5 Å². The molecular weight excluding hydrogens is 420 g/mol. The van der Waals surface area contributed by atoms with E-state index >= 15 is 0 Å². The third-order valence-corrected chi connectivity index (χ3v) is 7.55. The molecule has 0 radical (unpaired) electrons. The molecule has 2 fully saturated rings. The molecule has 4 rings (SSSR count). The standard InChI is InChI=1S/C30H44N2O2/c1-24-27(14-8-16-29(24)33-22-10-18-31-26-12-4-3-5-13-26)28-15-9-17-30(25(28)2)34-23-11-21-32-19-6-7-20-32/h8-9,14-17,26,31H,3-7,10-13,18-23H2,1-2H3. The van der Waals surface area contributed by atoms with Crippen molar-refractivity contribution >= 4 is 0 Å². The third kappa shape index (κ3) is 6.99. The summed E-state index contributed by atoms with van der Waals surface area (Å²) in [6.07, 6.45) is 11.7. The van der Waals surface area contributed by atoms with E-state index in [-0.39, 0.29) is 0 Å². The largest absolute Gasteiger partial charge is 0.493 e. The summed E-state index contributed by atoms with van der Waals surface area (Å²) in [7, 11) is 0. The molecule has 2 aromatic carbocycles. The second kappa shape index (κ2) is 13.2. The van der Waals surface area contributed by atoms with Crippen molar-refractivity contribution in [2.45, 2.75) is 77.7 Å². The zero-order chi connectivity index (χ0) is 23.6. The Bertz CT molecular complexity index is 885. The lowest BCUT2D eigenvalue weighted by Crippen LogP contribution is -2.32. The molecule has 1 aliphatic carbocycles. The number of hydrogen-bond acceptors (Lipinski definition) is 4. The summed E-state index contributed by atoms with van der Waals surface area (Å²) in [4.78, 5) is 2.55. The first-order chi connectivity index (χ1) is 16.7. The Hall–Kier alpha value is -2.04. The van der Waals surface area contributed by atoms with E-state index in [0.717, 1.165) is 56.7 Å². The minimum absolute atomic E-state index is 0.719. The van der Waals surface area contributed by atoms with Crippen LogP contribution in [0.5, 0.6) is 11.5 Å². The van der Waals surface area contributed by atoms with Crippen LogP contribution in [0.4, 0.5) is 0 Å². The average molecular weight is 465 g/mol. The molecule has 0 unspecified atom stereocenters. The van der Waals surface area contributed by atoms with Crippen molar-refractivity contribution in [3.63, 3.8) is 0 Å². The molecular formula is C30H44N2O2. The molecule has 0 amide bonds. The molecule has 1 aliphatic heterocycles. The molecule has 1 saturated heterocycles. The Balaban J connectivity index is 1.29. The van der Waals surface area contributed by atoms with Crippen LogP contribution in [0.2, 0.25) is 0 Å². The summed E-state index contributed by atoms with van der Waals surface area (Å²) >= 11 is 0. The van der Waals surface area contributed by atoms with E-state index in [0.29, 0.717) is 0 Å². The summed E-state index contributed by atoms with van der Waals surface area (Å²) in [5.74, 6) is 1.99. The number of rotatable bonds is 12. The van der Waals surface area contributed by atoms with Gasteiger partial charge in [-0.1, -0.05) is 43.5 Å². The number of likely N-dealkylation sites (tertiary alicyclic amines) is 1. The van der Waals surface area contributed by atoms with Crippen molar-refractivity contribution in [1.82, 2.24) is 10.2 Å². The predicted octanol–water partition coefficient (Wildman–Crippen LogP) is 6.53. The van der Waals surface area contributed by atoms with Gasteiger partial charge in [-0.2, -0.15) is 0 Å². The van der Waals surface area contributed by atoms with Gasteiger partial charge in [-0.25, -0.2) is 0 Å². The van der Waals surface area contributed by atoms with E-state index in [9.17, 15) is 0 Å². The molecule has 0 aromatic heterocycles. The van der Waals surface area contributed by atoms with Crippen LogP contribution in [0.25, 0.3) is 11.1 Å². The Morgan fingerprint density at radius 2 is 1.35 bits per heavy atom. The Kier molecular flexibility index (Phi) is 9.70. The highest BCUT2D eigenvalue weighted by atomic mass is 16.5. The highest BCUT2D eigenvalue weighted by molar-refractivity contribution is 5.74. The fourth-order valence-corrected chi connectivity index (χ4v) is 5.47. The van der Waals surface area contributed by atoms with Gasteiger partial charge < -0.3 is 19.7 Å². The molecule has 0 atom stereocenters. The SMILES string of the molecule is Cc1c(OCCCNC2CCCCC2)cccc1-c1cccc(OCCCN2CCCC2)c1C. The monoisotopic (exact) mass is 464 g/mol. The van der Waals surface area contributed by atoms with Crippen LogP contribution in [0.15, 0.2) is 36.4 Å². The van der Waals surface area contributed by atoms with Gasteiger partial charge in [0.05, 0.1) is 13.2 Å². The smallest absolute Gasteiger partial charge is 0.122 e. The van der Waals surface area contributed by atoms with E-state index in [1.54, 1.807) is 0 Å². The zero-order valence-corrected chi connectivity index (χ0v) is 21.4. The third-order valence-electron chi connectivity index (χ3n) is 7.55. The van der Waals surface area contributed by atoms with Crippen LogP contribution < -0.4 is 14.8 Å². The lowest BCUT2D eigenvalue weighted by molar-refractivity contribution is 0.262. The van der Waals surface area contributed by atoms with Crippen molar-refractivity contribution in [2.75, 3.05) is 39.4 Å². The van der Waals surface area contributed by atoms with Crippen molar-refractivity contribution in [1.29, 1.82) is 0 Å². The highest BCUT2D eigenvalue weighted by Gasteiger charge is 2.14. The van der Waals surface area contributed by atoms with Gasteiger partial charge in [-0.05, 0) is 106 Å². The fourth-order valence-electron chi connectivity index (χ4n) is 5.47. The summed E-state index contributed by atoms with van der Waals surface area (Å²) in [5.41, 5.74) is 4.88. The number of ether oxygens (including phenoxy) is 2. The Morgan fingerprint density at radius 3 is 1.97 bits per heavy atom. The van der Waals surface area contributed by atoms with Gasteiger partial charge in [0.25, 0.3) is 0 Å². The van der Waals surface area contributed by atoms with Gasteiger partial charge in [0.2, 0.25) is 0 Å². The molecule has 0 spiro atoms. The maximum atomic E-state index is 6.21. The van der Waals surface area contributed by atoms with Crippen LogP contribution in [0.3, 0.4) is 0 Å². The van der Waals surface area contributed by atoms with E-state index < -0.39 is 0 Å². The van der Waals surface area contributed by atoms with Crippen LogP contribution in [-0.2, 0) is 0 Å². The highest BCUT2D eigenvalue weighted by Crippen LogP contribution is 2.35. The van der Waals surface area contributed by atoms with Crippen LogP contribution in [0, 0.1) is 13.8 Å². The van der Waals surface area contributed by atoms with Crippen molar-refractivity contribution < 1.29 is 9.47 Å². The van der Waals surface area contributed by atoms with Crippen LogP contribution in [-0.4, -0.2) is 50.3 Å². The second-order valence-corrected chi connectivity index (χ2v) is 10.1. The minimum Gasteiger partial charge on any atom is -0.493 e. The summed E-state index contributed by atoms with van der Waals surface area (Å²) < 4.78 is 12.4. The number of nitrogens with zero attached hydrogens (tertiary/aromatic N) is 1. The maximum absolute atomic E-state index is 6.21. The second-order valence-electron chi connectivity index (χ2n) is 10.1. The first kappa shape index (κ1) is 25.1. The molecule has 1 heterocycles. The normalized spacial score (nSPS) is 17.2. The molecule has 2 aromatic rings. The average Bonchev–Trinajstić information content (AvgIpc) is 3.38. The summed E-state index contributed by atoms with van der Waals surface area (Å²) in [5, 5.41) is 3.71. The fraction of sp³-hybridized carbons (Fsp3) is 0.600. The predicted molar refractivity (Wildman–Crippen MR) is 142 cm³/mol. The zero-order valence-electron chi connectivity index (χ0n) is 21.4. The molecule has 4 nitrogen and oxygen atoms in total. The van der Waals surface area contributed by atoms with Gasteiger partial charge in [-0.15, -0.1) is 0 Å².